The van der Waals surface area contributed by atoms with E-state index in [0.29, 0.717) is 12.5 Å². The van der Waals surface area contributed by atoms with Crippen molar-refractivity contribution in [2.75, 3.05) is 6.54 Å². The fourth-order valence-corrected chi connectivity index (χ4v) is 1.87. The van der Waals surface area contributed by atoms with E-state index in [4.69, 9.17) is 17.3 Å². The van der Waals surface area contributed by atoms with Gasteiger partial charge in [-0.2, -0.15) is 0 Å². The zero-order chi connectivity index (χ0) is 12.4. The normalized spacial score (nSPS) is 16.6. The minimum atomic E-state index is -0.588. The van der Waals surface area contributed by atoms with Crippen molar-refractivity contribution in [2.45, 2.75) is 18.9 Å². The summed E-state index contributed by atoms with van der Waals surface area (Å²) in [6, 6.07) is 4.00. The van der Waals surface area contributed by atoms with Gasteiger partial charge in [-0.25, -0.2) is 4.39 Å². The number of nitrogens with two attached hydrogens (primary N) is 1. The van der Waals surface area contributed by atoms with Gasteiger partial charge in [-0.05, 0) is 37.0 Å². The van der Waals surface area contributed by atoms with Gasteiger partial charge in [0.25, 0.3) is 5.91 Å². The zero-order valence-corrected chi connectivity index (χ0v) is 10.0. The predicted octanol–water partition coefficient (Wildman–Crippen LogP) is 1.95. The average molecular weight is 257 g/mol. The van der Waals surface area contributed by atoms with Crippen LogP contribution in [0.5, 0.6) is 0 Å². The van der Waals surface area contributed by atoms with E-state index in [9.17, 15) is 9.18 Å². The van der Waals surface area contributed by atoms with Gasteiger partial charge in [0.1, 0.15) is 5.82 Å². The third kappa shape index (κ3) is 2.96. The van der Waals surface area contributed by atoms with Gasteiger partial charge < -0.3 is 11.1 Å². The molecule has 0 saturated heterocycles. The summed E-state index contributed by atoms with van der Waals surface area (Å²) < 4.78 is 13.2. The molecule has 1 amide bonds. The van der Waals surface area contributed by atoms with Crippen LogP contribution >= 0.6 is 11.6 Å². The van der Waals surface area contributed by atoms with Crippen molar-refractivity contribution in [3.63, 3.8) is 0 Å². The van der Waals surface area contributed by atoms with Crippen LogP contribution in [0.15, 0.2) is 18.2 Å². The number of benzene rings is 1. The first kappa shape index (κ1) is 12.3. The first-order valence-electron chi connectivity index (χ1n) is 5.58. The molecule has 17 heavy (non-hydrogen) atoms. The maximum absolute atomic E-state index is 13.2. The molecule has 1 aromatic carbocycles. The number of halogens is 2. The van der Waals surface area contributed by atoms with E-state index in [1.807, 2.05) is 0 Å². The first-order chi connectivity index (χ1) is 8.11. The molecular weight excluding hydrogens is 243 g/mol. The van der Waals surface area contributed by atoms with Crippen LogP contribution in [0.3, 0.4) is 0 Å². The number of hydrogen-bond donors (Lipinski definition) is 2. The van der Waals surface area contributed by atoms with Crippen LogP contribution in [0.25, 0.3) is 0 Å². The second-order valence-electron chi connectivity index (χ2n) is 4.28. The van der Waals surface area contributed by atoms with E-state index < -0.39 is 5.82 Å². The molecule has 1 fully saturated rings. The largest absolute Gasteiger partial charge is 0.348 e. The number of rotatable bonds is 4. The van der Waals surface area contributed by atoms with Gasteiger partial charge >= 0.3 is 0 Å². The summed E-state index contributed by atoms with van der Waals surface area (Å²) in [5, 5.41) is 2.83. The number of nitrogens with one attached hydrogen (secondary N) is 1. The summed E-state index contributed by atoms with van der Waals surface area (Å²) in [7, 11) is 0. The number of amides is 1. The lowest BCUT2D eigenvalue weighted by atomic mass is 10.1. The number of hydrogen-bond acceptors (Lipinski definition) is 2. The first-order valence-corrected chi connectivity index (χ1v) is 5.95. The average Bonchev–Trinajstić information content (AvgIpc) is 3.13. The second kappa shape index (κ2) is 5.02. The standard InChI is InChI=1S/C12H14ClFN2O/c13-9-4-3-8(5-10(9)14)12(17)16-11(6-15)7-1-2-7/h3-5,7,11H,1-2,6,15H2,(H,16,17). The summed E-state index contributed by atoms with van der Waals surface area (Å²) in [5.41, 5.74) is 5.85. The molecule has 92 valence electrons. The van der Waals surface area contributed by atoms with E-state index in [-0.39, 0.29) is 22.5 Å². The van der Waals surface area contributed by atoms with Crippen LogP contribution in [-0.2, 0) is 0 Å². The molecule has 1 saturated carbocycles. The van der Waals surface area contributed by atoms with Gasteiger partial charge in [0, 0.05) is 18.2 Å². The fraction of sp³-hybridized carbons (Fsp3) is 0.417. The van der Waals surface area contributed by atoms with Crippen molar-refractivity contribution in [1.29, 1.82) is 0 Å². The Morgan fingerprint density at radius 3 is 2.82 bits per heavy atom. The monoisotopic (exact) mass is 256 g/mol. The minimum Gasteiger partial charge on any atom is -0.348 e. The van der Waals surface area contributed by atoms with Crippen molar-refractivity contribution >= 4 is 17.5 Å². The Kier molecular flexibility index (Phi) is 3.64. The molecule has 1 aromatic rings. The summed E-state index contributed by atoms with van der Waals surface area (Å²) in [5.74, 6) is -0.418. The Balaban J connectivity index is 2.05. The zero-order valence-electron chi connectivity index (χ0n) is 9.25. The molecule has 1 unspecified atom stereocenters. The summed E-state index contributed by atoms with van der Waals surface area (Å²) in [6.07, 6.45) is 2.19. The Morgan fingerprint density at radius 2 is 2.29 bits per heavy atom. The molecule has 0 bridgehead atoms. The fourth-order valence-electron chi connectivity index (χ4n) is 1.76. The minimum absolute atomic E-state index is 0.0127. The van der Waals surface area contributed by atoms with Crippen molar-refractivity contribution < 1.29 is 9.18 Å². The SMILES string of the molecule is NCC(NC(=O)c1ccc(Cl)c(F)c1)C1CC1. The van der Waals surface area contributed by atoms with Crippen LogP contribution < -0.4 is 11.1 Å². The molecule has 5 heteroatoms. The Morgan fingerprint density at radius 1 is 1.59 bits per heavy atom. The van der Waals surface area contributed by atoms with E-state index >= 15 is 0 Å². The lowest BCUT2D eigenvalue weighted by molar-refractivity contribution is 0.0933. The molecule has 0 aliphatic heterocycles. The highest BCUT2D eigenvalue weighted by atomic mass is 35.5. The third-order valence-corrected chi connectivity index (χ3v) is 3.25. The quantitative estimate of drug-likeness (QED) is 0.865. The van der Waals surface area contributed by atoms with Gasteiger partial charge in [0.15, 0.2) is 0 Å². The van der Waals surface area contributed by atoms with Crippen molar-refractivity contribution in [2.24, 2.45) is 11.7 Å². The Hall–Kier alpha value is -1.13. The topological polar surface area (TPSA) is 55.1 Å². The summed E-state index contributed by atoms with van der Waals surface area (Å²) >= 11 is 5.55. The highest BCUT2D eigenvalue weighted by Gasteiger charge is 2.31. The van der Waals surface area contributed by atoms with Crippen LogP contribution in [0.2, 0.25) is 5.02 Å². The lowest BCUT2D eigenvalue weighted by Gasteiger charge is -2.16. The molecule has 0 aromatic heterocycles. The summed E-state index contributed by atoms with van der Waals surface area (Å²) in [6.45, 7) is 0.409. The highest BCUT2D eigenvalue weighted by Crippen LogP contribution is 2.32. The van der Waals surface area contributed by atoms with Crippen LogP contribution in [0.1, 0.15) is 23.2 Å². The van der Waals surface area contributed by atoms with Crippen LogP contribution in [-0.4, -0.2) is 18.5 Å². The molecule has 2 rings (SSSR count). The molecular formula is C12H14ClFN2O. The molecule has 0 heterocycles. The molecule has 0 spiro atoms. The van der Waals surface area contributed by atoms with Crippen molar-refractivity contribution in [3.8, 4) is 0 Å². The Bertz CT molecular complexity index is 435. The number of carbonyl (C=O) groups is 1. The van der Waals surface area contributed by atoms with Crippen molar-refractivity contribution in [3.05, 3.63) is 34.6 Å². The van der Waals surface area contributed by atoms with E-state index in [1.54, 1.807) is 0 Å². The van der Waals surface area contributed by atoms with Gasteiger partial charge in [-0.3, -0.25) is 4.79 Å². The number of carbonyl (C=O) groups excluding carboxylic acids is 1. The highest BCUT2D eigenvalue weighted by molar-refractivity contribution is 6.30. The Labute approximate surface area is 104 Å². The van der Waals surface area contributed by atoms with E-state index in [1.165, 1.54) is 12.1 Å². The van der Waals surface area contributed by atoms with Gasteiger partial charge in [-0.15, -0.1) is 0 Å². The lowest BCUT2D eigenvalue weighted by Crippen LogP contribution is -2.41. The predicted molar refractivity (Wildman–Crippen MR) is 64.4 cm³/mol. The van der Waals surface area contributed by atoms with Crippen molar-refractivity contribution in [1.82, 2.24) is 5.32 Å². The van der Waals surface area contributed by atoms with Crippen LogP contribution in [0, 0.1) is 11.7 Å². The van der Waals surface area contributed by atoms with Gasteiger partial charge in [0.2, 0.25) is 0 Å². The second-order valence-corrected chi connectivity index (χ2v) is 4.69. The van der Waals surface area contributed by atoms with E-state index in [2.05, 4.69) is 5.32 Å². The maximum atomic E-state index is 13.2. The molecule has 1 aliphatic carbocycles. The van der Waals surface area contributed by atoms with Crippen LogP contribution in [0.4, 0.5) is 4.39 Å². The smallest absolute Gasteiger partial charge is 0.251 e. The van der Waals surface area contributed by atoms with E-state index in [0.717, 1.165) is 18.9 Å². The molecule has 3 nitrogen and oxygen atoms in total. The molecule has 3 N–H and O–H groups in total. The molecule has 0 radical (unpaired) electrons. The van der Waals surface area contributed by atoms with Gasteiger partial charge in [-0.1, -0.05) is 11.6 Å². The summed E-state index contributed by atoms with van der Waals surface area (Å²) in [4.78, 5) is 11.8. The molecule has 1 atom stereocenters. The third-order valence-electron chi connectivity index (χ3n) is 2.94. The maximum Gasteiger partial charge on any atom is 0.251 e. The molecule has 1 aliphatic rings. The van der Waals surface area contributed by atoms with Gasteiger partial charge in [0.05, 0.1) is 5.02 Å².